The summed E-state index contributed by atoms with van der Waals surface area (Å²) in [5, 5.41) is 11.9. The van der Waals surface area contributed by atoms with E-state index in [2.05, 4.69) is 15.5 Å². The Morgan fingerprint density at radius 1 is 1.38 bits per heavy atom. The summed E-state index contributed by atoms with van der Waals surface area (Å²) in [6.07, 6.45) is 1.67. The van der Waals surface area contributed by atoms with Crippen LogP contribution in [0.4, 0.5) is 5.69 Å². The number of thioether (sulfide) groups is 1. The fraction of sp³-hybridized carbons (Fsp3) is 0.438. The largest absolute Gasteiger partial charge is 0.495 e. The molecule has 24 heavy (non-hydrogen) atoms. The van der Waals surface area contributed by atoms with E-state index in [1.807, 2.05) is 32.3 Å². The molecule has 0 aliphatic rings. The molecular weight excluding hydrogens is 348 g/mol. The fourth-order valence-corrected chi connectivity index (χ4v) is 3.16. The van der Waals surface area contributed by atoms with Gasteiger partial charge in [0.05, 0.1) is 18.0 Å². The van der Waals surface area contributed by atoms with Gasteiger partial charge in [-0.2, -0.15) is 0 Å². The highest BCUT2D eigenvalue weighted by atomic mass is 35.5. The van der Waals surface area contributed by atoms with Gasteiger partial charge >= 0.3 is 0 Å². The van der Waals surface area contributed by atoms with Crippen LogP contribution < -0.4 is 10.1 Å². The highest BCUT2D eigenvalue weighted by Gasteiger charge is 2.20. The number of benzene rings is 1. The van der Waals surface area contributed by atoms with Gasteiger partial charge in [0.2, 0.25) is 5.91 Å². The lowest BCUT2D eigenvalue weighted by Gasteiger charge is -2.16. The van der Waals surface area contributed by atoms with Crippen LogP contribution in [0.15, 0.2) is 23.6 Å². The molecule has 1 amide bonds. The highest BCUT2D eigenvalue weighted by molar-refractivity contribution is 8.00. The van der Waals surface area contributed by atoms with Crippen molar-refractivity contribution in [2.75, 3.05) is 12.4 Å². The van der Waals surface area contributed by atoms with Crippen LogP contribution in [0, 0.1) is 6.92 Å². The number of hydrogen-bond donors (Lipinski definition) is 1. The first-order valence-electron chi connectivity index (χ1n) is 7.54. The molecule has 0 radical (unpaired) electrons. The van der Waals surface area contributed by atoms with E-state index >= 15 is 0 Å². The zero-order chi connectivity index (χ0) is 17.9. The summed E-state index contributed by atoms with van der Waals surface area (Å²) in [5.41, 5.74) is 1.47. The number of nitrogens with one attached hydrogen (secondary N) is 1. The number of amides is 1. The second kappa shape index (κ2) is 7.90. The Labute approximate surface area is 150 Å². The van der Waals surface area contributed by atoms with E-state index in [-0.39, 0.29) is 17.2 Å². The van der Waals surface area contributed by atoms with E-state index < -0.39 is 0 Å². The third kappa shape index (κ3) is 4.21. The molecule has 6 nitrogen and oxygen atoms in total. The minimum absolute atomic E-state index is 0.140. The molecule has 1 atom stereocenters. The van der Waals surface area contributed by atoms with Gasteiger partial charge < -0.3 is 14.6 Å². The van der Waals surface area contributed by atoms with Crippen molar-refractivity contribution in [1.82, 2.24) is 14.8 Å². The van der Waals surface area contributed by atoms with Gasteiger partial charge in [-0.25, -0.2) is 0 Å². The number of aromatic nitrogens is 3. The van der Waals surface area contributed by atoms with E-state index in [9.17, 15) is 4.79 Å². The lowest BCUT2D eigenvalue weighted by Crippen LogP contribution is -2.23. The number of rotatable bonds is 6. The van der Waals surface area contributed by atoms with Crippen molar-refractivity contribution >= 4 is 35.0 Å². The van der Waals surface area contributed by atoms with Gasteiger partial charge in [-0.3, -0.25) is 4.79 Å². The number of aryl methyl sites for hydroxylation is 1. The van der Waals surface area contributed by atoms with Gasteiger partial charge in [-0.15, -0.1) is 10.2 Å². The summed E-state index contributed by atoms with van der Waals surface area (Å²) in [6.45, 7) is 7.79. The molecule has 0 fully saturated rings. The SMILES string of the molecule is COc1cc(Cl)c(C)cc1NC(=O)[C@@H](C)Sc1nncn1C(C)C. The van der Waals surface area contributed by atoms with Crippen LogP contribution in [0.25, 0.3) is 0 Å². The Kier molecular flexibility index (Phi) is 6.12. The predicted octanol–water partition coefficient (Wildman–Crippen LogP) is 3.95. The molecule has 0 unspecified atom stereocenters. The molecule has 0 bridgehead atoms. The summed E-state index contributed by atoms with van der Waals surface area (Å²) >= 11 is 7.45. The number of carbonyl (C=O) groups is 1. The Bertz CT molecular complexity index is 733. The van der Waals surface area contributed by atoms with Crippen LogP contribution in [-0.4, -0.2) is 33.0 Å². The number of nitrogens with zero attached hydrogens (tertiary/aromatic N) is 3. The first-order chi connectivity index (χ1) is 11.3. The van der Waals surface area contributed by atoms with Crippen LogP contribution in [0.3, 0.4) is 0 Å². The Morgan fingerprint density at radius 3 is 2.71 bits per heavy atom. The minimum atomic E-state index is -0.340. The smallest absolute Gasteiger partial charge is 0.237 e. The Balaban J connectivity index is 2.12. The number of hydrogen-bond acceptors (Lipinski definition) is 5. The van der Waals surface area contributed by atoms with Crippen LogP contribution in [-0.2, 0) is 4.79 Å². The number of halogens is 1. The molecular formula is C16H21ClN4O2S. The first-order valence-corrected chi connectivity index (χ1v) is 8.80. The molecule has 0 saturated carbocycles. The van der Waals surface area contributed by atoms with Gasteiger partial charge in [-0.05, 0) is 39.3 Å². The van der Waals surface area contributed by atoms with Gasteiger partial charge in [0, 0.05) is 17.1 Å². The van der Waals surface area contributed by atoms with E-state index in [0.29, 0.717) is 21.6 Å². The molecule has 1 heterocycles. The lowest BCUT2D eigenvalue weighted by molar-refractivity contribution is -0.115. The third-order valence-corrected chi connectivity index (χ3v) is 4.96. The monoisotopic (exact) mass is 368 g/mol. The Hall–Kier alpha value is -1.73. The van der Waals surface area contributed by atoms with Gasteiger partial charge in [0.25, 0.3) is 0 Å². The number of ether oxygens (including phenoxy) is 1. The first kappa shape index (κ1) is 18.6. The zero-order valence-electron chi connectivity index (χ0n) is 14.3. The molecule has 0 aliphatic carbocycles. The second-order valence-corrected chi connectivity index (χ2v) is 7.38. The lowest BCUT2D eigenvalue weighted by atomic mass is 10.2. The number of anilines is 1. The van der Waals surface area contributed by atoms with Crippen molar-refractivity contribution < 1.29 is 9.53 Å². The van der Waals surface area contributed by atoms with Gasteiger partial charge in [0.15, 0.2) is 5.16 Å². The molecule has 2 aromatic rings. The average molecular weight is 369 g/mol. The molecule has 2 rings (SSSR count). The number of carbonyl (C=O) groups excluding carboxylic acids is 1. The van der Waals surface area contributed by atoms with Crippen molar-refractivity contribution in [2.24, 2.45) is 0 Å². The van der Waals surface area contributed by atoms with Crippen molar-refractivity contribution in [3.63, 3.8) is 0 Å². The second-order valence-electron chi connectivity index (χ2n) is 5.67. The topological polar surface area (TPSA) is 69.0 Å². The molecule has 0 saturated heterocycles. The predicted molar refractivity (Wildman–Crippen MR) is 97.1 cm³/mol. The van der Waals surface area contributed by atoms with Crippen LogP contribution >= 0.6 is 23.4 Å². The molecule has 8 heteroatoms. The third-order valence-electron chi connectivity index (χ3n) is 3.49. The van der Waals surface area contributed by atoms with Crippen molar-refractivity contribution in [1.29, 1.82) is 0 Å². The quantitative estimate of drug-likeness (QED) is 0.782. The Morgan fingerprint density at radius 2 is 2.08 bits per heavy atom. The normalized spacial score (nSPS) is 12.3. The van der Waals surface area contributed by atoms with E-state index in [0.717, 1.165) is 5.56 Å². The fourth-order valence-electron chi connectivity index (χ4n) is 2.05. The molecule has 1 N–H and O–H groups in total. The summed E-state index contributed by atoms with van der Waals surface area (Å²) < 4.78 is 7.22. The summed E-state index contributed by atoms with van der Waals surface area (Å²) in [5.74, 6) is 0.389. The van der Waals surface area contributed by atoms with Crippen LogP contribution in [0.1, 0.15) is 32.4 Å². The van der Waals surface area contributed by atoms with Crippen molar-refractivity contribution in [3.05, 3.63) is 29.0 Å². The molecule has 1 aromatic heterocycles. The molecule has 0 spiro atoms. The summed E-state index contributed by atoms with van der Waals surface area (Å²) in [6, 6.07) is 3.73. The zero-order valence-corrected chi connectivity index (χ0v) is 15.9. The summed E-state index contributed by atoms with van der Waals surface area (Å²) in [7, 11) is 1.54. The van der Waals surface area contributed by atoms with Crippen molar-refractivity contribution in [3.8, 4) is 5.75 Å². The van der Waals surface area contributed by atoms with E-state index in [4.69, 9.17) is 16.3 Å². The van der Waals surface area contributed by atoms with Crippen molar-refractivity contribution in [2.45, 2.75) is 44.1 Å². The molecule has 0 aliphatic heterocycles. The standard InChI is InChI=1S/C16H21ClN4O2S/c1-9(2)21-8-18-20-16(21)24-11(4)15(22)19-13-6-10(3)12(17)7-14(13)23-5/h6-9,11H,1-5H3,(H,19,22)/t11-/m1/s1. The van der Waals surface area contributed by atoms with Crippen LogP contribution in [0.5, 0.6) is 5.75 Å². The van der Waals surface area contributed by atoms with Crippen LogP contribution in [0.2, 0.25) is 5.02 Å². The summed E-state index contributed by atoms with van der Waals surface area (Å²) in [4.78, 5) is 12.5. The average Bonchev–Trinajstić information content (AvgIpc) is 2.98. The maximum atomic E-state index is 12.5. The van der Waals surface area contributed by atoms with E-state index in [1.54, 1.807) is 25.6 Å². The number of methoxy groups -OCH3 is 1. The van der Waals surface area contributed by atoms with E-state index in [1.165, 1.54) is 11.8 Å². The van der Waals surface area contributed by atoms with Gasteiger partial charge in [0.1, 0.15) is 12.1 Å². The highest BCUT2D eigenvalue weighted by Crippen LogP contribution is 2.32. The maximum absolute atomic E-state index is 12.5. The minimum Gasteiger partial charge on any atom is -0.495 e. The molecule has 1 aromatic carbocycles. The molecule has 130 valence electrons. The maximum Gasteiger partial charge on any atom is 0.237 e. The van der Waals surface area contributed by atoms with Gasteiger partial charge in [-0.1, -0.05) is 23.4 Å².